The molecule has 0 radical (unpaired) electrons. The predicted molar refractivity (Wildman–Crippen MR) is 93.5 cm³/mol. The summed E-state index contributed by atoms with van der Waals surface area (Å²) in [6.45, 7) is 4.08. The van der Waals surface area contributed by atoms with Gasteiger partial charge in [-0.2, -0.15) is 0 Å². The zero-order valence-corrected chi connectivity index (χ0v) is 15.2. The summed E-state index contributed by atoms with van der Waals surface area (Å²) < 4.78 is 0. The van der Waals surface area contributed by atoms with E-state index in [0.717, 1.165) is 58.3 Å². The van der Waals surface area contributed by atoms with Gasteiger partial charge in [0.1, 0.15) is 0 Å². The number of rotatable bonds is 3. The Labute approximate surface area is 149 Å². The van der Waals surface area contributed by atoms with Crippen LogP contribution < -0.4 is 5.73 Å². The third-order valence-electron chi connectivity index (χ3n) is 6.20. The second-order valence-electron chi connectivity index (χ2n) is 8.14. The lowest BCUT2D eigenvalue weighted by Crippen LogP contribution is -2.55. The summed E-state index contributed by atoms with van der Waals surface area (Å²) in [5, 5.41) is 0. The molecule has 3 aliphatic rings. The highest BCUT2D eigenvalue weighted by atomic mass is 16.2. The zero-order valence-electron chi connectivity index (χ0n) is 15.2. The molecule has 3 saturated heterocycles. The van der Waals surface area contributed by atoms with Crippen LogP contribution in [0.1, 0.15) is 38.5 Å². The number of hydrogen-bond acceptors (Lipinski definition) is 4. The lowest BCUT2D eigenvalue weighted by atomic mass is 9.72. The molecule has 7 nitrogen and oxygen atoms in total. The van der Waals surface area contributed by atoms with Gasteiger partial charge in [0.15, 0.2) is 0 Å². The topological polar surface area (TPSA) is 87.0 Å². The van der Waals surface area contributed by atoms with Crippen LogP contribution in [-0.2, 0) is 14.4 Å². The second-order valence-corrected chi connectivity index (χ2v) is 8.14. The van der Waals surface area contributed by atoms with Crippen molar-refractivity contribution in [2.45, 2.75) is 38.5 Å². The minimum absolute atomic E-state index is 0.0115. The SMILES string of the molecule is CN1CCC[C@@H](C(=O)N2CCC3(CCC(=O)N(CC(N)=O)C3)CC2)C1. The fraction of sp³-hybridized carbons (Fsp3) is 0.833. The molecule has 140 valence electrons. The predicted octanol–water partition coefficient (Wildman–Crippen LogP) is 0.0447. The first-order valence-electron chi connectivity index (χ1n) is 9.42. The van der Waals surface area contributed by atoms with Crippen molar-refractivity contribution in [2.24, 2.45) is 17.1 Å². The van der Waals surface area contributed by atoms with Gasteiger partial charge in [-0.05, 0) is 51.1 Å². The lowest BCUT2D eigenvalue weighted by Gasteiger charge is -2.47. The van der Waals surface area contributed by atoms with E-state index in [-0.39, 0.29) is 23.8 Å². The number of likely N-dealkylation sites (tertiary alicyclic amines) is 3. The quantitative estimate of drug-likeness (QED) is 0.779. The van der Waals surface area contributed by atoms with Crippen molar-refractivity contribution < 1.29 is 14.4 Å². The fourth-order valence-corrected chi connectivity index (χ4v) is 4.67. The van der Waals surface area contributed by atoms with Crippen molar-refractivity contribution >= 4 is 17.7 Å². The van der Waals surface area contributed by atoms with Gasteiger partial charge in [-0.3, -0.25) is 14.4 Å². The largest absolute Gasteiger partial charge is 0.368 e. The second kappa shape index (κ2) is 7.32. The number of hydrogen-bond donors (Lipinski definition) is 1. The van der Waals surface area contributed by atoms with E-state index < -0.39 is 5.91 Å². The summed E-state index contributed by atoms with van der Waals surface area (Å²) in [6, 6.07) is 0. The molecule has 3 amide bonds. The number of carbonyl (C=O) groups is 3. The van der Waals surface area contributed by atoms with Gasteiger partial charge in [0.05, 0.1) is 12.5 Å². The monoisotopic (exact) mass is 350 g/mol. The van der Waals surface area contributed by atoms with Gasteiger partial charge in [0.25, 0.3) is 0 Å². The highest BCUT2D eigenvalue weighted by molar-refractivity contribution is 5.84. The summed E-state index contributed by atoms with van der Waals surface area (Å²) in [4.78, 5) is 41.9. The van der Waals surface area contributed by atoms with Crippen LogP contribution in [0, 0.1) is 11.3 Å². The van der Waals surface area contributed by atoms with E-state index in [1.54, 1.807) is 4.90 Å². The summed E-state index contributed by atoms with van der Waals surface area (Å²) in [7, 11) is 2.08. The van der Waals surface area contributed by atoms with E-state index in [2.05, 4.69) is 11.9 Å². The molecule has 0 bridgehead atoms. The van der Waals surface area contributed by atoms with Crippen LogP contribution in [0.5, 0.6) is 0 Å². The minimum atomic E-state index is -0.459. The maximum absolute atomic E-state index is 12.8. The van der Waals surface area contributed by atoms with Gasteiger partial charge < -0.3 is 20.4 Å². The Hall–Kier alpha value is -1.63. The van der Waals surface area contributed by atoms with Crippen molar-refractivity contribution in [1.82, 2.24) is 14.7 Å². The van der Waals surface area contributed by atoms with Crippen molar-refractivity contribution in [2.75, 3.05) is 46.3 Å². The van der Waals surface area contributed by atoms with Gasteiger partial charge in [-0.25, -0.2) is 0 Å². The summed E-state index contributed by atoms with van der Waals surface area (Å²) >= 11 is 0. The molecule has 0 saturated carbocycles. The number of nitrogens with two attached hydrogens (primary N) is 1. The van der Waals surface area contributed by atoms with Crippen LogP contribution in [-0.4, -0.2) is 78.7 Å². The summed E-state index contributed by atoms with van der Waals surface area (Å²) in [6.07, 6.45) is 5.23. The molecule has 0 aromatic carbocycles. The molecule has 0 aliphatic carbocycles. The van der Waals surface area contributed by atoms with E-state index >= 15 is 0 Å². The molecule has 7 heteroatoms. The average Bonchev–Trinajstić information content (AvgIpc) is 2.58. The van der Waals surface area contributed by atoms with Crippen LogP contribution in [0.3, 0.4) is 0 Å². The Morgan fingerprint density at radius 2 is 1.92 bits per heavy atom. The Kier molecular flexibility index (Phi) is 5.32. The highest BCUT2D eigenvalue weighted by Gasteiger charge is 2.42. The molecule has 2 N–H and O–H groups in total. The van der Waals surface area contributed by atoms with E-state index in [4.69, 9.17) is 5.73 Å². The Morgan fingerprint density at radius 1 is 1.20 bits per heavy atom. The maximum Gasteiger partial charge on any atom is 0.237 e. The van der Waals surface area contributed by atoms with E-state index in [1.807, 2.05) is 4.90 Å². The van der Waals surface area contributed by atoms with Crippen LogP contribution in [0.25, 0.3) is 0 Å². The van der Waals surface area contributed by atoms with E-state index in [1.165, 1.54) is 0 Å². The highest BCUT2D eigenvalue weighted by Crippen LogP contribution is 2.40. The number of primary amides is 1. The molecule has 1 spiro atoms. The molecule has 25 heavy (non-hydrogen) atoms. The molecule has 3 fully saturated rings. The Balaban J connectivity index is 1.56. The third-order valence-corrected chi connectivity index (χ3v) is 6.20. The Bertz CT molecular complexity index is 542. The molecule has 3 heterocycles. The van der Waals surface area contributed by atoms with Crippen molar-refractivity contribution in [3.8, 4) is 0 Å². The molecular formula is C18H30N4O3. The van der Waals surface area contributed by atoms with Gasteiger partial charge in [0.2, 0.25) is 17.7 Å². The molecular weight excluding hydrogens is 320 g/mol. The van der Waals surface area contributed by atoms with E-state index in [9.17, 15) is 14.4 Å². The van der Waals surface area contributed by atoms with Crippen molar-refractivity contribution in [3.05, 3.63) is 0 Å². The normalized spacial score (nSPS) is 27.6. The molecule has 3 rings (SSSR count). The smallest absolute Gasteiger partial charge is 0.237 e. The first-order chi connectivity index (χ1) is 11.9. The van der Waals surface area contributed by atoms with Crippen molar-refractivity contribution in [1.29, 1.82) is 0 Å². The number of nitrogens with zero attached hydrogens (tertiary/aromatic N) is 3. The van der Waals surface area contributed by atoms with Crippen LogP contribution in [0.15, 0.2) is 0 Å². The standard InChI is InChI=1S/C18H30N4O3/c1-20-8-2-3-14(11-20)17(25)21-9-6-18(7-10-21)5-4-16(24)22(13-18)12-15(19)23/h14H,2-13H2,1H3,(H2,19,23)/t14-/m1/s1. The minimum Gasteiger partial charge on any atom is -0.368 e. The molecule has 1 atom stereocenters. The maximum atomic E-state index is 12.8. The van der Waals surface area contributed by atoms with Gasteiger partial charge >= 0.3 is 0 Å². The molecule has 3 aliphatic heterocycles. The molecule has 0 unspecified atom stereocenters. The van der Waals surface area contributed by atoms with Crippen LogP contribution >= 0.6 is 0 Å². The first kappa shape index (κ1) is 18.2. The lowest BCUT2D eigenvalue weighted by molar-refractivity contribution is -0.146. The average molecular weight is 350 g/mol. The molecule has 0 aromatic heterocycles. The first-order valence-corrected chi connectivity index (χ1v) is 9.42. The Morgan fingerprint density at radius 3 is 2.56 bits per heavy atom. The third kappa shape index (κ3) is 4.14. The summed E-state index contributed by atoms with van der Waals surface area (Å²) in [5.41, 5.74) is 5.31. The van der Waals surface area contributed by atoms with E-state index in [0.29, 0.717) is 18.9 Å². The number of carbonyl (C=O) groups excluding carboxylic acids is 3. The number of amides is 3. The van der Waals surface area contributed by atoms with Crippen molar-refractivity contribution in [3.63, 3.8) is 0 Å². The van der Waals surface area contributed by atoms with Gasteiger partial charge in [-0.15, -0.1) is 0 Å². The zero-order chi connectivity index (χ0) is 18.0. The van der Waals surface area contributed by atoms with Gasteiger partial charge in [0, 0.05) is 32.6 Å². The number of piperidine rings is 3. The summed E-state index contributed by atoms with van der Waals surface area (Å²) in [5.74, 6) is -0.0121. The van der Waals surface area contributed by atoms with Crippen LogP contribution in [0.4, 0.5) is 0 Å². The molecule has 0 aromatic rings. The van der Waals surface area contributed by atoms with Gasteiger partial charge in [-0.1, -0.05) is 0 Å². The fourth-order valence-electron chi connectivity index (χ4n) is 4.67. The van der Waals surface area contributed by atoms with Crippen LogP contribution in [0.2, 0.25) is 0 Å².